The van der Waals surface area contributed by atoms with Gasteiger partial charge in [0.25, 0.3) is 0 Å². The number of sulfone groups is 1. The van der Waals surface area contributed by atoms with E-state index in [1.54, 1.807) is 18.2 Å². The van der Waals surface area contributed by atoms with Crippen molar-refractivity contribution in [1.29, 1.82) is 0 Å². The van der Waals surface area contributed by atoms with E-state index in [4.69, 9.17) is 5.73 Å². The van der Waals surface area contributed by atoms with Crippen molar-refractivity contribution in [3.8, 4) is 0 Å². The predicted molar refractivity (Wildman–Crippen MR) is 76.7 cm³/mol. The third-order valence-electron chi connectivity index (χ3n) is 3.61. The van der Waals surface area contributed by atoms with Crippen molar-refractivity contribution < 1.29 is 8.42 Å². The summed E-state index contributed by atoms with van der Waals surface area (Å²) in [5, 5.41) is 0. The van der Waals surface area contributed by atoms with E-state index in [0.717, 1.165) is 12.1 Å². The zero-order chi connectivity index (χ0) is 13.9. The van der Waals surface area contributed by atoms with Crippen LogP contribution in [0.4, 0.5) is 0 Å². The summed E-state index contributed by atoms with van der Waals surface area (Å²) in [6.07, 6.45) is 2.41. The normalized spacial score (nSPS) is 15.9. The molecule has 0 unspecified atom stereocenters. The summed E-state index contributed by atoms with van der Waals surface area (Å²) in [7, 11) is -3.20. The summed E-state index contributed by atoms with van der Waals surface area (Å²) in [6.45, 7) is 3.99. The first-order valence-corrected chi connectivity index (χ1v) is 8.48. The molecule has 2 rings (SSSR count). The minimum atomic E-state index is -3.20. The average Bonchev–Trinajstić information content (AvgIpc) is 3.24. The highest BCUT2D eigenvalue weighted by molar-refractivity contribution is 7.91. The Labute approximate surface area is 115 Å². The Kier molecular flexibility index (Phi) is 4.60. The van der Waals surface area contributed by atoms with E-state index in [0.29, 0.717) is 24.0 Å². The maximum Gasteiger partial charge on any atom is 0.179 e. The van der Waals surface area contributed by atoms with Crippen LogP contribution >= 0.6 is 0 Å². The molecule has 0 amide bonds. The highest BCUT2D eigenvalue weighted by atomic mass is 32.2. The van der Waals surface area contributed by atoms with Crippen molar-refractivity contribution in [3.63, 3.8) is 0 Å². The zero-order valence-corrected chi connectivity index (χ0v) is 12.2. The van der Waals surface area contributed by atoms with E-state index in [1.807, 2.05) is 6.07 Å². The van der Waals surface area contributed by atoms with E-state index in [2.05, 4.69) is 11.8 Å². The number of hydrogen-bond acceptors (Lipinski definition) is 4. The van der Waals surface area contributed by atoms with E-state index >= 15 is 0 Å². The zero-order valence-electron chi connectivity index (χ0n) is 11.4. The molecule has 1 aliphatic rings. The molecule has 2 N–H and O–H groups in total. The molecule has 0 radical (unpaired) electrons. The molecule has 1 aromatic carbocycles. The fraction of sp³-hybridized carbons (Fsp3) is 0.571. The first kappa shape index (κ1) is 14.5. The van der Waals surface area contributed by atoms with Crippen LogP contribution in [-0.2, 0) is 16.4 Å². The van der Waals surface area contributed by atoms with Gasteiger partial charge in [-0.25, -0.2) is 8.42 Å². The van der Waals surface area contributed by atoms with Gasteiger partial charge in [0.2, 0.25) is 0 Å². The molecule has 0 spiro atoms. The third kappa shape index (κ3) is 3.78. The highest BCUT2D eigenvalue weighted by Gasteiger charge is 2.28. The van der Waals surface area contributed by atoms with Gasteiger partial charge in [0.15, 0.2) is 9.84 Å². The lowest BCUT2D eigenvalue weighted by atomic mass is 10.2. The first-order valence-electron chi connectivity index (χ1n) is 6.82. The summed E-state index contributed by atoms with van der Waals surface area (Å²) in [6, 6.07) is 7.55. The molecule has 0 heterocycles. The molecule has 0 saturated heterocycles. The molecule has 1 saturated carbocycles. The quantitative estimate of drug-likeness (QED) is 0.821. The topological polar surface area (TPSA) is 63.4 Å². The van der Waals surface area contributed by atoms with Gasteiger partial charge in [0.05, 0.1) is 10.6 Å². The van der Waals surface area contributed by atoms with Gasteiger partial charge >= 0.3 is 0 Å². The smallest absolute Gasteiger partial charge is 0.179 e. The minimum absolute atomic E-state index is 0.186. The van der Waals surface area contributed by atoms with Gasteiger partial charge in [-0.15, -0.1) is 0 Å². The monoisotopic (exact) mass is 282 g/mol. The van der Waals surface area contributed by atoms with Crippen LogP contribution in [0.3, 0.4) is 0 Å². The maximum atomic E-state index is 12.3. The second-order valence-corrected chi connectivity index (χ2v) is 7.14. The lowest BCUT2D eigenvalue weighted by Gasteiger charge is -2.19. The van der Waals surface area contributed by atoms with Crippen LogP contribution in [0.25, 0.3) is 0 Å². The Hall–Kier alpha value is -0.910. The third-order valence-corrected chi connectivity index (χ3v) is 5.30. The fourth-order valence-electron chi connectivity index (χ4n) is 2.26. The lowest BCUT2D eigenvalue weighted by Crippen LogP contribution is -2.31. The van der Waals surface area contributed by atoms with Crippen molar-refractivity contribution in [2.24, 2.45) is 5.73 Å². The number of benzene rings is 1. The van der Waals surface area contributed by atoms with Crippen molar-refractivity contribution in [2.45, 2.75) is 37.2 Å². The number of rotatable bonds is 7. The molecule has 106 valence electrons. The van der Waals surface area contributed by atoms with Crippen LogP contribution < -0.4 is 5.73 Å². The first-order chi connectivity index (χ1) is 9.06. The highest BCUT2D eigenvalue weighted by Crippen LogP contribution is 2.26. The molecule has 1 fully saturated rings. The Bertz CT molecular complexity index is 524. The van der Waals surface area contributed by atoms with E-state index in [9.17, 15) is 8.42 Å². The molecule has 19 heavy (non-hydrogen) atoms. The van der Waals surface area contributed by atoms with Gasteiger partial charge in [-0.3, -0.25) is 4.90 Å². The Morgan fingerprint density at radius 1 is 1.37 bits per heavy atom. The Morgan fingerprint density at radius 3 is 2.68 bits per heavy atom. The van der Waals surface area contributed by atoms with Crippen molar-refractivity contribution in [1.82, 2.24) is 4.90 Å². The molecule has 5 heteroatoms. The van der Waals surface area contributed by atoms with Crippen LogP contribution in [0.2, 0.25) is 0 Å². The Morgan fingerprint density at radius 2 is 2.11 bits per heavy atom. The van der Waals surface area contributed by atoms with Gasteiger partial charge in [0.1, 0.15) is 0 Å². The maximum absolute atomic E-state index is 12.3. The molecule has 1 aromatic rings. The van der Waals surface area contributed by atoms with Gasteiger partial charge in [-0.05, 0) is 37.1 Å². The number of nitrogens with two attached hydrogens (primary N) is 1. The molecule has 0 bridgehead atoms. The lowest BCUT2D eigenvalue weighted by molar-refractivity contribution is 0.294. The molecular weight excluding hydrogens is 260 g/mol. The van der Waals surface area contributed by atoms with Crippen LogP contribution in [-0.4, -0.2) is 38.2 Å². The summed E-state index contributed by atoms with van der Waals surface area (Å²) < 4.78 is 24.6. The summed E-state index contributed by atoms with van der Waals surface area (Å²) in [5.74, 6) is 0.186. The predicted octanol–water partition coefficient (Wildman–Crippen LogP) is 1.40. The Balaban J connectivity index is 2.04. The van der Waals surface area contributed by atoms with Gasteiger partial charge < -0.3 is 5.73 Å². The number of hydrogen-bond donors (Lipinski definition) is 1. The van der Waals surface area contributed by atoms with Crippen LogP contribution in [0.1, 0.15) is 25.3 Å². The van der Waals surface area contributed by atoms with Crippen LogP contribution in [0, 0.1) is 0 Å². The van der Waals surface area contributed by atoms with Crippen LogP contribution in [0.5, 0.6) is 0 Å². The molecule has 0 aromatic heterocycles. The minimum Gasteiger partial charge on any atom is -0.326 e. The van der Waals surface area contributed by atoms with Gasteiger partial charge in [-0.1, -0.05) is 19.1 Å². The van der Waals surface area contributed by atoms with Crippen molar-refractivity contribution in [2.75, 3.05) is 18.8 Å². The second kappa shape index (κ2) is 6.03. The second-order valence-electron chi connectivity index (χ2n) is 5.03. The van der Waals surface area contributed by atoms with E-state index in [-0.39, 0.29) is 5.75 Å². The molecule has 0 aliphatic heterocycles. The SMILES string of the molecule is CCN(CCS(=O)(=O)c1cccc(CN)c1)C1CC1. The number of nitrogens with zero attached hydrogens (tertiary/aromatic N) is 1. The van der Waals surface area contributed by atoms with Crippen molar-refractivity contribution >= 4 is 9.84 Å². The van der Waals surface area contributed by atoms with E-state index < -0.39 is 9.84 Å². The van der Waals surface area contributed by atoms with E-state index in [1.165, 1.54) is 12.8 Å². The average molecular weight is 282 g/mol. The standard InChI is InChI=1S/C14H22N2O2S/c1-2-16(13-6-7-13)8-9-19(17,18)14-5-3-4-12(10-14)11-15/h3-5,10,13H,2,6-9,11,15H2,1H3. The molecule has 1 aliphatic carbocycles. The summed E-state index contributed by atoms with van der Waals surface area (Å²) in [4.78, 5) is 2.65. The summed E-state index contributed by atoms with van der Waals surface area (Å²) in [5.41, 5.74) is 6.41. The van der Waals surface area contributed by atoms with Gasteiger partial charge in [0, 0.05) is 19.1 Å². The largest absolute Gasteiger partial charge is 0.326 e. The molecule has 4 nitrogen and oxygen atoms in total. The molecule has 0 atom stereocenters. The fourth-order valence-corrected chi connectivity index (χ4v) is 3.59. The summed E-state index contributed by atoms with van der Waals surface area (Å²) >= 11 is 0. The molecular formula is C14H22N2O2S. The van der Waals surface area contributed by atoms with Crippen molar-refractivity contribution in [3.05, 3.63) is 29.8 Å². The van der Waals surface area contributed by atoms with Crippen LogP contribution in [0.15, 0.2) is 29.2 Å². The van der Waals surface area contributed by atoms with Gasteiger partial charge in [-0.2, -0.15) is 0 Å².